The van der Waals surface area contributed by atoms with Gasteiger partial charge in [0.25, 0.3) is 0 Å². The molecule has 1 N–H and O–H groups in total. The van der Waals surface area contributed by atoms with E-state index in [1.807, 2.05) is 0 Å². The van der Waals surface area contributed by atoms with E-state index in [0.717, 1.165) is 0 Å². The van der Waals surface area contributed by atoms with Crippen LogP contribution in [-0.2, 0) is 11.3 Å². The van der Waals surface area contributed by atoms with E-state index in [-0.39, 0.29) is 38.9 Å². The number of methoxy groups -OCH3 is 2. The first-order valence-corrected chi connectivity index (χ1v) is 8.46. The second-order valence-electron chi connectivity index (χ2n) is 5.43. The summed E-state index contributed by atoms with van der Waals surface area (Å²) in [5.41, 5.74) is 0.741. The van der Waals surface area contributed by atoms with E-state index >= 15 is 0 Å². The Balaban J connectivity index is 2.21. The van der Waals surface area contributed by atoms with E-state index in [4.69, 9.17) is 37.1 Å². The van der Waals surface area contributed by atoms with Crippen LogP contribution < -0.4 is 20.2 Å². The Hall–Kier alpha value is -2.77. The molecule has 0 saturated heterocycles. The molecule has 0 atom stereocenters. The molecule has 1 aromatic carbocycles. The molecule has 0 saturated carbocycles. The molecule has 7 nitrogen and oxygen atoms in total. The van der Waals surface area contributed by atoms with Gasteiger partial charge in [-0.15, -0.1) is 0 Å². The van der Waals surface area contributed by atoms with Gasteiger partial charge >= 0.3 is 0 Å². The molecule has 9 heteroatoms. The summed E-state index contributed by atoms with van der Waals surface area (Å²) in [6, 6.07) is 4.38. The van der Waals surface area contributed by atoms with Gasteiger partial charge < -0.3 is 19.2 Å². The highest BCUT2D eigenvalue weighted by atomic mass is 35.5. The molecule has 2 aromatic heterocycles. The molecule has 0 spiro atoms. The molecular weight excluding hydrogens is 395 g/mol. The Kier molecular flexibility index (Phi) is 5.53. The van der Waals surface area contributed by atoms with Crippen molar-refractivity contribution in [2.75, 3.05) is 14.2 Å². The summed E-state index contributed by atoms with van der Waals surface area (Å²) in [6.45, 7) is 0.200. The van der Waals surface area contributed by atoms with Crippen LogP contribution >= 0.6 is 23.2 Å². The van der Waals surface area contributed by atoms with Crippen LogP contribution in [0.3, 0.4) is 0 Å². The van der Waals surface area contributed by atoms with Crippen molar-refractivity contribution in [3.8, 4) is 22.8 Å². The SMILES string of the molecule is COc1cc(OC)c(Cl)c(-c2cc(=O)c3cc(CNC=O)ncc3o2)c1Cl. The molecule has 140 valence electrons. The van der Waals surface area contributed by atoms with E-state index in [0.29, 0.717) is 29.0 Å². The first-order chi connectivity index (χ1) is 13.0. The highest BCUT2D eigenvalue weighted by Gasteiger charge is 2.21. The van der Waals surface area contributed by atoms with E-state index in [2.05, 4.69) is 10.3 Å². The molecule has 1 amide bonds. The molecule has 0 radical (unpaired) electrons. The lowest BCUT2D eigenvalue weighted by atomic mass is 10.1. The van der Waals surface area contributed by atoms with E-state index in [1.165, 1.54) is 26.5 Å². The second-order valence-corrected chi connectivity index (χ2v) is 6.19. The monoisotopic (exact) mass is 408 g/mol. The number of hydrogen-bond donors (Lipinski definition) is 1. The van der Waals surface area contributed by atoms with Crippen LogP contribution in [0, 0.1) is 0 Å². The zero-order valence-electron chi connectivity index (χ0n) is 14.3. The summed E-state index contributed by atoms with van der Waals surface area (Å²) in [5, 5.41) is 3.18. The average Bonchev–Trinajstić information content (AvgIpc) is 2.67. The third-order valence-corrected chi connectivity index (χ3v) is 4.61. The third kappa shape index (κ3) is 3.56. The van der Waals surface area contributed by atoms with Crippen molar-refractivity contribution >= 4 is 40.6 Å². The molecule has 0 bridgehead atoms. The van der Waals surface area contributed by atoms with E-state index < -0.39 is 0 Å². The number of nitrogens with one attached hydrogen (secondary N) is 1. The van der Waals surface area contributed by atoms with Crippen LogP contribution in [0.2, 0.25) is 10.0 Å². The van der Waals surface area contributed by atoms with Crippen LogP contribution in [-0.4, -0.2) is 25.6 Å². The molecular formula is C18H14Cl2N2O5. The summed E-state index contributed by atoms with van der Waals surface area (Å²) in [5.74, 6) is 0.799. The third-order valence-electron chi connectivity index (χ3n) is 3.86. The zero-order chi connectivity index (χ0) is 19.6. The van der Waals surface area contributed by atoms with Crippen LogP contribution in [0.25, 0.3) is 22.3 Å². The number of fused-ring (bicyclic) bond motifs is 1. The van der Waals surface area contributed by atoms with Gasteiger partial charge in [-0.25, -0.2) is 0 Å². The normalized spacial score (nSPS) is 10.7. The highest BCUT2D eigenvalue weighted by Crippen LogP contribution is 2.45. The Morgan fingerprint density at radius 3 is 2.41 bits per heavy atom. The Morgan fingerprint density at radius 2 is 1.81 bits per heavy atom. The van der Waals surface area contributed by atoms with Crippen molar-refractivity contribution < 1.29 is 18.7 Å². The summed E-state index contributed by atoms with van der Waals surface area (Å²) in [7, 11) is 2.90. The number of ether oxygens (including phenoxy) is 2. The molecule has 27 heavy (non-hydrogen) atoms. The van der Waals surface area contributed by atoms with Crippen molar-refractivity contribution in [1.82, 2.24) is 10.3 Å². The smallest absolute Gasteiger partial charge is 0.207 e. The standard InChI is InChI=1S/C18H14Cl2N2O5/c1-25-13-5-14(26-2)18(20)16(17(13)19)12-4-11(24)10-3-9(6-21-8-23)22-7-15(10)27-12/h3-5,7-8H,6H2,1-2H3,(H,21,23). The van der Waals surface area contributed by atoms with Crippen molar-refractivity contribution in [3.05, 3.63) is 50.4 Å². The summed E-state index contributed by atoms with van der Waals surface area (Å²) < 4.78 is 16.3. The van der Waals surface area contributed by atoms with Gasteiger partial charge in [0.05, 0.1) is 53.7 Å². The van der Waals surface area contributed by atoms with Gasteiger partial charge in [0, 0.05) is 12.1 Å². The zero-order valence-corrected chi connectivity index (χ0v) is 15.9. The molecule has 3 rings (SSSR count). The Bertz CT molecular complexity index is 1050. The first-order valence-electron chi connectivity index (χ1n) is 7.70. The number of aromatic nitrogens is 1. The van der Waals surface area contributed by atoms with Crippen LogP contribution in [0.5, 0.6) is 11.5 Å². The fraction of sp³-hybridized carbons (Fsp3) is 0.167. The van der Waals surface area contributed by atoms with Crippen LogP contribution in [0.4, 0.5) is 0 Å². The number of pyridine rings is 1. The van der Waals surface area contributed by atoms with Crippen molar-refractivity contribution in [2.24, 2.45) is 0 Å². The second kappa shape index (κ2) is 7.85. The van der Waals surface area contributed by atoms with E-state index in [1.54, 1.807) is 12.1 Å². The van der Waals surface area contributed by atoms with Crippen LogP contribution in [0.15, 0.2) is 33.6 Å². The molecule has 0 aliphatic heterocycles. The lowest BCUT2D eigenvalue weighted by Gasteiger charge is -2.14. The highest BCUT2D eigenvalue weighted by molar-refractivity contribution is 6.41. The molecule has 0 fully saturated rings. The Labute approximate surface area is 163 Å². The molecule has 0 aliphatic carbocycles. The van der Waals surface area contributed by atoms with E-state index in [9.17, 15) is 9.59 Å². The fourth-order valence-corrected chi connectivity index (χ4v) is 3.26. The van der Waals surface area contributed by atoms with Crippen molar-refractivity contribution in [3.63, 3.8) is 0 Å². The number of amides is 1. The molecule has 2 heterocycles. The lowest BCUT2D eigenvalue weighted by Crippen LogP contribution is -2.12. The minimum atomic E-state index is -0.310. The van der Waals surface area contributed by atoms with Gasteiger partial charge in [-0.1, -0.05) is 23.2 Å². The molecule has 0 aliphatic rings. The van der Waals surface area contributed by atoms with Gasteiger partial charge in [0.2, 0.25) is 6.41 Å². The van der Waals surface area contributed by atoms with Gasteiger partial charge in [-0.3, -0.25) is 14.6 Å². The fourth-order valence-electron chi connectivity index (χ4n) is 2.57. The topological polar surface area (TPSA) is 90.7 Å². The van der Waals surface area contributed by atoms with Gasteiger partial charge in [-0.05, 0) is 6.07 Å². The number of hydrogen-bond acceptors (Lipinski definition) is 6. The average molecular weight is 409 g/mol. The Morgan fingerprint density at radius 1 is 1.15 bits per heavy atom. The lowest BCUT2D eigenvalue weighted by molar-refractivity contribution is -0.109. The van der Waals surface area contributed by atoms with Crippen molar-refractivity contribution in [1.29, 1.82) is 0 Å². The van der Waals surface area contributed by atoms with Gasteiger partial charge in [0.1, 0.15) is 17.3 Å². The molecule has 0 unspecified atom stereocenters. The van der Waals surface area contributed by atoms with Crippen LogP contribution in [0.1, 0.15) is 5.69 Å². The van der Waals surface area contributed by atoms with Gasteiger partial charge in [-0.2, -0.15) is 0 Å². The van der Waals surface area contributed by atoms with Crippen molar-refractivity contribution in [2.45, 2.75) is 6.54 Å². The summed E-state index contributed by atoms with van der Waals surface area (Å²) in [4.78, 5) is 27.2. The minimum Gasteiger partial charge on any atom is -0.495 e. The summed E-state index contributed by atoms with van der Waals surface area (Å²) in [6.07, 6.45) is 1.96. The maximum Gasteiger partial charge on any atom is 0.207 e. The predicted octanol–water partition coefficient (Wildman–Crippen LogP) is 3.43. The quantitative estimate of drug-likeness (QED) is 0.628. The number of rotatable bonds is 6. The number of nitrogens with zero attached hydrogens (tertiary/aromatic N) is 1. The predicted molar refractivity (Wildman–Crippen MR) is 102 cm³/mol. The van der Waals surface area contributed by atoms with Gasteiger partial charge in [0.15, 0.2) is 11.0 Å². The first kappa shape index (κ1) is 19.0. The minimum absolute atomic E-state index is 0.153. The molecule has 3 aromatic rings. The number of carbonyl (C=O) groups excluding carboxylic acids is 1. The number of halogens is 2. The largest absolute Gasteiger partial charge is 0.495 e. The number of carbonyl (C=O) groups is 1. The maximum atomic E-state index is 12.6. The number of benzene rings is 1. The summed E-state index contributed by atoms with van der Waals surface area (Å²) >= 11 is 12.8. The maximum absolute atomic E-state index is 12.6.